The molecule has 1 aromatic heterocycles. The molecular weight excluding hydrogens is 264 g/mol. The van der Waals surface area contributed by atoms with Crippen molar-refractivity contribution in [3.63, 3.8) is 0 Å². The second kappa shape index (κ2) is 7.06. The summed E-state index contributed by atoms with van der Waals surface area (Å²) in [6, 6.07) is 5.10. The van der Waals surface area contributed by atoms with Gasteiger partial charge in [0, 0.05) is 24.0 Å². The lowest BCUT2D eigenvalue weighted by Gasteiger charge is -2.42. The fourth-order valence-electron chi connectivity index (χ4n) is 3.59. The molecule has 0 bridgehead atoms. The number of hydrogen-bond donors (Lipinski definition) is 1. The Morgan fingerprint density at radius 3 is 2.90 bits per heavy atom. The van der Waals surface area contributed by atoms with Gasteiger partial charge < -0.3 is 10.2 Å². The van der Waals surface area contributed by atoms with Gasteiger partial charge in [-0.25, -0.2) is 0 Å². The molecule has 1 aliphatic rings. The summed E-state index contributed by atoms with van der Waals surface area (Å²) in [6.45, 7) is 10.5. The van der Waals surface area contributed by atoms with Crippen molar-refractivity contribution in [2.75, 3.05) is 20.1 Å². The zero-order valence-electron chi connectivity index (χ0n) is 13.5. The van der Waals surface area contributed by atoms with Crippen LogP contribution in [0.15, 0.2) is 17.5 Å². The number of nitrogens with zero attached hydrogens (tertiary/aromatic N) is 1. The maximum Gasteiger partial charge on any atom is 0.0324 e. The van der Waals surface area contributed by atoms with E-state index in [1.165, 1.54) is 30.7 Å². The van der Waals surface area contributed by atoms with Crippen molar-refractivity contribution in [1.82, 2.24) is 10.2 Å². The minimum atomic E-state index is 0.514. The summed E-state index contributed by atoms with van der Waals surface area (Å²) in [5, 5.41) is 5.89. The molecule has 2 unspecified atom stereocenters. The molecule has 2 nitrogen and oxygen atoms in total. The van der Waals surface area contributed by atoms with Crippen LogP contribution in [0.1, 0.15) is 44.9 Å². The van der Waals surface area contributed by atoms with Crippen LogP contribution in [0.5, 0.6) is 0 Å². The quantitative estimate of drug-likeness (QED) is 0.853. The topological polar surface area (TPSA) is 15.3 Å². The average Bonchev–Trinajstić information content (AvgIpc) is 2.85. The van der Waals surface area contributed by atoms with Crippen molar-refractivity contribution in [3.8, 4) is 0 Å². The highest BCUT2D eigenvalue weighted by Gasteiger charge is 2.34. The molecule has 1 heterocycles. The van der Waals surface area contributed by atoms with Crippen LogP contribution in [-0.2, 0) is 6.54 Å². The van der Waals surface area contributed by atoms with Crippen LogP contribution in [0.3, 0.4) is 0 Å². The van der Waals surface area contributed by atoms with Gasteiger partial charge in [0.2, 0.25) is 0 Å². The van der Waals surface area contributed by atoms with Gasteiger partial charge in [0.25, 0.3) is 0 Å². The molecule has 0 aromatic carbocycles. The van der Waals surface area contributed by atoms with Gasteiger partial charge in [-0.3, -0.25) is 0 Å². The SMILES string of the molecule is CCNC1CCC(C)(C)CC1CN(C)Cc1cccs1. The lowest BCUT2D eigenvalue weighted by Crippen LogP contribution is -2.46. The standard InChI is InChI=1S/C17H30N2S/c1-5-18-16-8-9-17(2,3)11-14(16)12-19(4)13-15-7-6-10-20-15/h6-7,10,14,16,18H,5,8-9,11-13H2,1-4H3. The summed E-state index contributed by atoms with van der Waals surface area (Å²) >= 11 is 1.87. The summed E-state index contributed by atoms with van der Waals surface area (Å²) in [4.78, 5) is 3.98. The lowest BCUT2D eigenvalue weighted by molar-refractivity contribution is 0.108. The summed E-state index contributed by atoms with van der Waals surface area (Å²) in [7, 11) is 2.27. The maximum atomic E-state index is 3.71. The largest absolute Gasteiger partial charge is 0.314 e. The first kappa shape index (κ1) is 16.0. The first-order valence-electron chi connectivity index (χ1n) is 7.94. The van der Waals surface area contributed by atoms with Crippen molar-refractivity contribution < 1.29 is 0 Å². The molecule has 1 fully saturated rings. The number of rotatable bonds is 6. The van der Waals surface area contributed by atoms with E-state index in [1.807, 2.05) is 11.3 Å². The number of hydrogen-bond acceptors (Lipinski definition) is 3. The molecule has 114 valence electrons. The normalized spacial score (nSPS) is 26.1. The van der Waals surface area contributed by atoms with Crippen molar-refractivity contribution in [2.45, 2.75) is 52.6 Å². The predicted molar refractivity (Wildman–Crippen MR) is 89.2 cm³/mol. The van der Waals surface area contributed by atoms with Gasteiger partial charge in [0.05, 0.1) is 0 Å². The molecule has 0 amide bonds. The summed E-state index contributed by atoms with van der Waals surface area (Å²) in [5.41, 5.74) is 0.514. The molecule has 0 saturated heterocycles. The van der Waals surface area contributed by atoms with Crippen molar-refractivity contribution in [2.24, 2.45) is 11.3 Å². The number of thiophene rings is 1. The summed E-state index contributed by atoms with van der Waals surface area (Å²) in [6.07, 6.45) is 4.04. The highest BCUT2D eigenvalue weighted by molar-refractivity contribution is 7.09. The van der Waals surface area contributed by atoms with Gasteiger partial charge in [0.15, 0.2) is 0 Å². The molecule has 1 saturated carbocycles. The Hall–Kier alpha value is -0.380. The molecule has 0 radical (unpaired) electrons. The molecule has 1 aromatic rings. The molecular formula is C17H30N2S. The Kier molecular flexibility index (Phi) is 5.65. The minimum Gasteiger partial charge on any atom is -0.314 e. The Labute approximate surface area is 128 Å². The molecule has 1 aliphatic carbocycles. The second-order valence-corrected chi connectivity index (χ2v) is 8.14. The zero-order valence-corrected chi connectivity index (χ0v) is 14.3. The van der Waals surface area contributed by atoms with E-state index in [9.17, 15) is 0 Å². The summed E-state index contributed by atoms with van der Waals surface area (Å²) in [5.74, 6) is 0.781. The fourth-order valence-corrected chi connectivity index (χ4v) is 4.38. The Balaban J connectivity index is 1.92. The monoisotopic (exact) mass is 294 g/mol. The Morgan fingerprint density at radius 2 is 2.25 bits per heavy atom. The minimum absolute atomic E-state index is 0.514. The Bertz CT molecular complexity index is 386. The van der Waals surface area contributed by atoms with Crippen LogP contribution in [0.2, 0.25) is 0 Å². The van der Waals surface area contributed by atoms with Crippen molar-refractivity contribution >= 4 is 11.3 Å². The average molecular weight is 295 g/mol. The van der Waals surface area contributed by atoms with E-state index in [-0.39, 0.29) is 0 Å². The molecule has 2 rings (SSSR count). The molecule has 2 atom stereocenters. The van der Waals surface area contributed by atoms with Gasteiger partial charge in [-0.1, -0.05) is 26.8 Å². The molecule has 0 spiro atoms. The maximum absolute atomic E-state index is 3.71. The first-order chi connectivity index (χ1) is 9.50. The van der Waals surface area contributed by atoms with Crippen LogP contribution in [0.25, 0.3) is 0 Å². The van der Waals surface area contributed by atoms with E-state index < -0.39 is 0 Å². The van der Waals surface area contributed by atoms with Crippen molar-refractivity contribution in [3.05, 3.63) is 22.4 Å². The van der Waals surface area contributed by atoms with Crippen LogP contribution >= 0.6 is 11.3 Å². The molecule has 0 aliphatic heterocycles. The first-order valence-corrected chi connectivity index (χ1v) is 8.82. The van der Waals surface area contributed by atoms with Gasteiger partial charge in [-0.05, 0) is 55.6 Å². The highest BCUT2D eigenvalue weighted by Crippen LogP contribution is 2.39. The van der Waals surface area contributed by atoms with Crippen LogP contribution in [-0.4, -0.2) is 31.1 Å². The summed E-state index contributed by atoms with van der Waals surface area (Å²) < 4.78 is 0. The van der Waals surface area contributed by atoms with E-state index in [0.29, 0.717) is 11.5 Å². The fraction of sp³-hybridized carbons (Fsp3) is 0.765. The predicted octanol–water partition coefficient (Wildman–Crippen LogP) is 3.98. The van der Waals surface area contributed by atoms with Gasteiger partial charge in [-0.2, -0.15) is 0 Å². The third kappa shape index (κ3) is 4.57. The zero-order chi connectivity index (χ0) is 14.6. The van der Waals surface area contributed by atoms with Gasteiger partial charge >= 0.3 is 0 Å². The van der Waals surface area contributed by atoms with E-state index >= 15 is 0 Å². The van der Waals surface area contributed by atoms with E-state index in [1.54, 1.807) is 0 Å². The Morgan fingerprint density at radius 1 is 1.45 bits per heavy atom. The van der Waals surface area contributed by atoms with Crippen LogP contribution in [0.4, 0.5) is 0 Å². The van der Waals surface area contributed by atoms with Crippen LogP contribution < -0.4 is 5.32 Å². The highest BCUT2D eigenvalue weighted by atomic mass is 32.1. The number of nitrogens with one attached hydrogen (secondary N) is 1. The van der Waals surface area contributed by atoms with Gasteiger partial charge in [-0.15, -0.1) is 11.3 Å². The molecule has 20 heavy (non-hydrogen) atoms. The van der Waals surface area contributed by atoms with E-state index in [0.717, 1.165) is 19.0 Å². The third-order valence-corrected chi connectivity index (χ3v) is 5.40. The lowest BCUT2D eigenvalue weighted by atomic mass is 9.69. The molecule has 1 N–H and O–H groups in total. The van der Waals surface area contributed by atoms with Gasteiger partial charge in [0.1, 0.15) is 0 Å². The second-order valence-electron chi connectivity index (χ2n) is 7.11. The van der Waals surface area contributed by atoms with E-state index in [2.05, 4.69) is 55.5 Å². The van der Waals surface area contributed by atoms with Crippen molar-refractivity contribution in [1.29, 1.82) is 0 Å². The third-order valence-electron chi connectivity index (χ3n) is 4.53. The van der Waals surface area contributed by atoms with Crippen LogP contribution in [0, 0.1) is 11.3 Å². The smallest absolute Gasteiger partial charge is 0.0324 e. The van der Waals surface area contributed by atoms with E-state index in [4.69, 9.17) is 0 Å². The molecule has 3 heteroatoms.